The predicted octanol–water partition coefficient (Wildman–Crippen LogP) is 5.11. The summed E-state index contributed by atoms with van der Waals surface area (Å²) in [4.78, 5) is 9.30. The van der Waals surface area contributed by atoms with E-state index in [1.807, 2.05) is 67.6 Å². The van der Waals surface area contributed by atoms with Crippen LogP contribution in [0.2, 0.25) is 0 Å². The van der Waals surface area contributed by atoms with Gasteiger partial charge in [0.05, 0.1) is 18.0 Å². The Morgan fingerprint density at radius 2 is 1.69 bits per heavy atom. The minimum atomic E-state index is 0.275. The van der Waals surface area contributed by atoms with Crippen LogP contribution in [-0.4, -0.2) is 22.6 Å². The number of anilines is 3. The minimum absolute atomic E-state index is 0.275. The van der Waals surface area contributed by atoms with Gasteiger partial charge in [-0.1, -0.05) is 42.5 Å². The molecule has 0 radical (unpaired) electrons. The third kappa shape index (κ3) is 4.51. The lowest BCUT2D eigenvalue weighted by Gasteiger charge is -2.15. The Morgan fingerprint density at radius 1 is 0.962 bits per heavy atom. The van der Waals surface area contributed by atoms with Gasteiger partial charge in [0.1, 0.15) is 11.6 Å². The Kier molecular flexibility index (Phi) is 5.69. The summed E-state index contributed by atoms with van der Waals surface area (Å²) in [6.45, 7) is 6.74. The molecule has 0 amide bonds. The molecule has 0 saturated heterocycles. The van der Waals surface area contributed by atoms with Gasteiger partial charge in [0, 0.05) is 17.7 Å². The van der Waals surface area contributed by atoms with Gasteiger partial charge < -0.3 is 15.4 Å². The molecule has 0 saturated carbocycles. The summed E-state index contributed by atoms with van der Waals surface area (Å²) >= 11 is 0. The molecule has 0 aliphatic carbocycles. The van der Waals surface area contributed by atoms with Gasteiger partial charge >= 0.3 is 0 Å². The lowest BCUT2D eigenvalue weighted by Crippen LogP contribution is -2.12. The molecular formula is C21H24N4O. The van der Waals surface area contributed by atoms with Crippen molar-refractivity contribution in [2.45, 2.75) is 26.8 Å². The van der Waals surface area contributed by atoms with E-state index in [1.54, 1.807) is 0 Å². The van der Waals surface area contributed by atoms with E-state index < -0.39 is 0 Å². The smallest absolute Gasteiger partial charge is 0.229 e. The average Bonchev–Trinajstić information content (AvgIpc) is 2.63. The summed E-state index contributed by atoms with van der Waals surface area (Å²) in [5.41, 5.74) is 2.75. The molecule has 0 bridgehead atoms. The SMILES string of the molecule is CCOc1ccccc1Nc1nc(NC(C)C)cc(-c2ccccc2)n1. The molecule has 134 valence electrons. The Bertz CT molecular complexity index is 850. The number of hydrogen-bond donors (Lipinski definition) is 2. The van der Waals surface area contributed by atoms with Crippen molar-refractivity contribution < 1.29 is 4.74 Å². The molecule has 3 rings (SSSR count). The highest BCUT2D eigenvalue weighted by Gasteiger charge is 2.10. The van der Waals surface area contributed by atoms with Gasteiger partial charge in [0.2, 0.25) is 5.95 Å². The van der Waals surface area contributed by atoms with Crippen molar-refractivity contribution in [1.82, 2.24) is 9.97 Å². The van der Waals surface area contributed by atoms with Gasteiger partial charge in [-0.05, 0) is 32.9 Å². The molecule has 3 aromatic rings. The van der Waals surface area contributed by atoms with E-state index in [1.165, 1.54) is 0 Å². The highest BCUT2D eigenvalue weighted by atomic mass is 16.5. The number of nitrogens with one attached hydrogen (secondary N) is 2. The molecule has 2 aromatic carbocycles. The summed E-state index contributed by atoms with van der Waals surface area (Å²) in [5, 5.41) is 6.65. The highest BCUT2D eigenvalue weighted by molar-refractivity contribution is 5.68. The van der Waals surface area contributed by atoms with Crippen LogP contribution in [0.1, 0.15) is 20.8 Å². The van der Waals surface area contributed by atoms with Crippen LogP contribution in [0.4, 0.5) is 17.5 Å². The van der Waals surface area contributed by atoms with Crippen LogP contribution >= 0.6 is 0 Å². The molecule has 0 aliphatic heterocycles. The van der Waals surface area contributed by atoms with Crippen LogP contribution in [0.25, 0.3) is 11.3 Å². The van der Waals surface area contributed by atoms with Gasteiger partial charge in [0.25, 0.3) is 0 Å². The molecule has 0 atom stereocenters. The van der Waals surface area contributed by atoms with Crippen LogP contribution in [0.15, 0.2) is 60.7 Å². The maximum Gasteiger partial charge on any atom is 0.229 e. The van der Waals surface area contributed by atoms with Crippen molar-refractivity contribution >= 4 is 17.5 Å². The number of para-hydroxylation sites is 2. The second-order valence-corrected chi connectivity index (χ2v) is 6.18. The van der Waals surface area contributed by atoms with Crippen LogP contribution in [0.3, 0.4) is 0 Å². The zero-order valence-corrected chi connectivity index (χ0v) is 15.4. The van der Waals surface area contributed by atoms with E-state index in [4.69, 9.17) is 4.74 Å². The molecule has 2 N–H and O–H groups in total. The molecule has 0 aliphatic rings. The van der Waals surface area contributed by atoms with E-state index in [0.717, 1.165) is 28.5 Å². The van der Waals surface area contributed by atoms with E-state index in [0.29, 0.717) is 12.6 Å². The van der Waals surface area contributed by atoms with Crippen LogP contribution in [0.5, 0.6) is 5.75 Å². The molecule has 0 fully saturated rings. The van der Waals surface area contributed by atoms with E-state index >= 15 is 0 Å². The van der Waals surface area contributed by atoms with Crippen molar-refractivity contribution in [3.63, 3.8) is 0 Å². The number of rotatable bonds is 7. The lowest BCUT2D eigenvalue weighted by atomic mass is 10.1. The monoisotopic (exact) mass is 348 g/mol. The normalized spacial score (nSPS) is 10.6. The van der Waals surface area contributed by atoms with Gasteiger partial charge in [-0.15, -0.1) is 0 Å². The molecule has 1 heterocycles. The summed E-state index contributed by atoms with van der Waals surface area (Å²) < 4.78 is 5.69. The molecule has 5 nitrogen and oxygen atoms in total. The molecule has 26 heavy (non-hydrogen) atoms. The standard InChI is InChI=1S/C21H24N4O/c1-4-26-19-13-9-8-12-17(19)23-21-24-18(16-10-6-5-7-11-16)14-20(25-21)22-15(2)3/h5-15H,4H2,1-3H3,(H2,22,23,24,25). The Hall–Kier alpha value is -3.08. The summed E-state index contributed by atoms with van der Waals surface area (Å²) in [6, 6.07) is 20.1. The van der Waals surface area contributed by atoms with Crippen molar-refractivity contribution in [2.24, 2.45) is 0 Å². The fourth-order valence-electron chi connectivity index (χ4n) is 2.60. The van der Waals surface area contributed by atoms with E-state index in [9.17, 15) is 0 Å². The average molecular weight is 348 g/mol. The van der Waals surface area contributed by atoms with Crippen LogP contribution in [-0.2, 0) is 0 Å². The van der Waals surface area contributed by atoms with Gasteiger partial charge in [-0.3, -0.25) is 0 Å². The second kappa shape index (κ2) is 8.34. The van der Waals surface area contributed by atoms with Crippen LogP contribution < -0.4 is 15.4 Å². The molecule has 1 aromatic heterocycles. The first-order valence-corrected chi connectivity index (χ1v) is 8.85. The molecular weight excluding hydrogens is 324 g/mol. The first-order chi connectivity index (χ1) is 12.7. The van der Waals surface area contributed by atoms with E-state index in [2.05, 4.69) is 34.4 Å². The van der Waals surface area contributed by atoms with Crippen molar-refractivity contribution in [2.75, 3.05) is 17.2 Å². The van der Waals surface area contributed by atoms with Crippen molar-refractivity contribution in [3.05, 3.63) is 60.7 Å². The third-order valence-electron chi connectivity index (χ3n) is 3.67. The number of aromatic nitrogens is 2. The summed E-state index contributed by atoms with van der Waals surface area (Å²) in [5.74, 6) is 2.09. The number of hydrogen-bond acceptors (Lipinski definition) is 5. The van der Waals surface area contributed by atoms with Gasteiger partial charge in [0.15, 0.2) is 0 Å². The second-order valence-electron chi connectivity index (χ2n) is 6.18. The topological polar surface area (TPSA) is 59.1 Å². The fraction of sp³-hybridized carbons (Fsp3) is 0.238. The fourth-order valence-corrected chi connectivity index (χ4v) is 2.60. The summed E-state index contributed by atoms with van der Waals surface area (Å²) in [7, 11) is 0. The minimum Gasteiger partial charge on any atom is -0.492 e. The van der Waals surface area contributed by atoms with E-state index in [-0.39, 0.29) is 6.04 Å². The first-order valence-electron chi connectivity index (χ1n) is 8.85. The molecule has 5 heteroatoms. The van der Waals surface area contributed by atoms with Crippen molar-refractivity contribution in [1.29, 1.82) is 0 Å². The van der Waals surface area contributed by atoms with Crippen molar-refractivity contribution in [3.8, 4) is 17.0 Å². The third-order valence-corrected chi connectivity index (χ3v) is 3.67. The Balaban J connectivity index is 1.98. The number of ether oxygens (including phenoxy) is 1. The maximum atomic E-state index is 5.69. The lowest BCUT2D eigenvalue weighted by molar-refractivity contribution is 0.342. The van der Waals surface area contributed by atoms with Gasteiger partial charge in [-0.2, -0.15) is 4.98 Å². The summed E-state index contributed by atoms with van der Waals surface area (Å²) in [6.07, 6.45) is 0. The zero-order valence-electron chi connectivity index (χ0n) is 15.4. The van der Waals surface area contributed by atoms with Crippen LogP contribution in [0, 0.1) is 0 Å². The first kappa shape index (κ1) is 17.7. The molecule has 0 spiro atoms. The maximum absolute atomic E-state index is 5.69. The number of benzene rings is 2. The number of nitrogens with zero attached hydrogens (tertiary/aromatic N) is 2. The quantitative estimate of drug-likeness (QED) is 0.621. The Labute approximate surface area is 154 Å². The van der Waals surface area contributed by atoms with Gasteiger partial charge in [-0.25, -0.2) is 4.98 Å². The predicted molar refractivity (Wildman–Crippen MR) is 107 cm³/mol. The highest BCUT2D eigenvalue weighted by Crippen LogP contribution is 2.28. The largest absolute Gasteiger partial charge is 0.492 e. The zero-order chi connectivity index (χ0) is 18.4. The molecule has 0 unspecified atom stereocenters. The Morgan fingerprint density at radius 3 is 2.42 bits per heavy atom.